The molecule has 3 heterocycles. The number of hydrogen-bond donors (Lipinski definition) is 1. The Labute approximate surface area is 154 Å². The van der Waals surface area contributed by atoms with Crippen LogP contribution in [0.1, 0.15) is 11.5 Å². The number of para-hydroxylation sites is 1. The highest BCUT2D eigenvalue weighted by atomic mass is 16.5. The second-order valence-corrected chi connectivity index (χ2v) is 5.69. The number of carbonyl (C=O) groups is 1. The first-order chi connectivity index (χ1) is 13.3. The van der Waals surface area contributed by atoms with Crippen molar-refractivity contribution < 1.29 is 9.32 Å². The molecule has 0 aliphatic rings. The maximum Gasteiger partial charge on any atom is 0.246 e. The number of aromatic nitrogens is 6. The SMILES string of the molecule is O=C(Cn1cccn1)Nc1ccccc1Cc1nc(-c2cnccn2)no1. The highest BCUT2D eigenvalue weighted by Crippen LogP contribution is 2.20. The predicted octanol–water partition coefficient (Wildman–Crippen LogP) is 1.95. The van der Waals surface area contributed by atoms with Gasteiger partial charge in [-0.15, -0.1) is 0 Å². The Kier molecular flexibility index (Phi) is 4.64. The number of benzene rings is 1. The van der Waals surface area contributed by atoms with Crippen LogP contribution in [0.5, 0.6) is 0 Å². The lowest BCUT2D eigenvalue weighted by molar-refractivity contribution is -0.116. The van der Waals surface area contributed by atoms with E-state index >= 15 is 0 Å². The van der Waals surface area contributed by atoms with Gasteiger partial charge in [0.25, 0.3) is 0 Å². The lowest BCUT2D eigenvalue weighted by Crippen LogP contribution is -2.19. The smallest absolute Gasteiger partial charge is 0.246 e. The summed E-state index contributed by atoms with van der Waals surface area (Å²) in [5.74, 6) is 0.625. The van der Waals surface area contributed by atoms with E-state index in [0.29, 0.717) is 29.5 Å². The Morgan fingerprint density at radius 3 is 2.89 bits per heavy atom. The number of hydrogen-bond acceptors (Lipinski definition) is 7. The van der Waals surface area contributed by atoms with Gasteiger partial charge in [-0.2, -0.15) is 10.1 Å². The zero-order valence-corrected chi connectivity index (χ0v) is 14.2. The summed E-state index contributed by atoms with van der Waals surface area (Å²) in [4.78, 5) is 24.7. The molecule has 4 rings (SSSR count). The first kappa shape index (κ1) is 16.6. The first-order valence-electron chi connectivity index (χ1n) is 8.22. The Morgan fingerprint density at radius 2 is 2.07 bits per heavy atom. The topological polar surface area (TPSA) is 112 Å². The van der Waals surface area contributed by atoms with Crippen molar-refractivity contribution in [2.75, 3.05) is 5.32 Å². The van der Waals surface area contributed by atoms with Crippen molar-refractivity contribution in [3.05, 3.63) is 72.8 Å². The summed E-state index contributed by atoms with van der Waals surface area (Å²) < 4.78 is 6.87. The summed E-state index contributed by atoms with van der Waals surface area (Å²) >= 11 is 0. The van der Waals surface area contributed by atoms with Gasteiger partial charge in [-0.25, -0.2) is 4.98 Å². The molecule has 0 saturated heterocycles. The summed E-state index contributed by atoms with van der Waals surface area (Å²) in [5, 5.41) is 10.9. The maximum atomic E-state index is 12.2. The van der Waals surface area contributed by atoms with Crippen LogP contribution in [0.15, 0.2) is 65.8 Å². The molecule has 4 aromatic rings. The van der Waals surface area contributed by atoms with Gasteiger partial charge in [0.05, 0.1) is 12.6 Å². The standard InChI is InChI=1S/C18H15N7O2/c26-16(12-25-9-3-6-21-25)22-14-5-2-1-4-13(14)10-17-23-18(24-27-17)15-11-19-7-8-20-15/h1-9,11H,10,12H2,(H,22,26). The van der Waals surface area contributed by atoms with Crippen molar-refractivity contribution in [1.29, 1.82) is 0 Å². The van der Waals surface area contributed by atoms with E-state index in [1.54, 1.807) is 41.7 Å². The van der Waals surface area contributed by atoms with Crippen LogP contribution in [0.2, 0.25) is 0 Å². The van der Waals surface area contributed by atoms with Crippen LogP contribution in [0, 0.1) is 0 Å². The molecule has 1 amide bonds. The van der Waals surface area contributed by atoms with E-state index < -0.39 is 0 Å². The lowest BCUT2D eigenvalue weighted by atomic mass is 10.1. The van der Waals surface area contributed by atoms with Crippen LogP contribution >= 0.6 is 0 Å². The van der Waals surface area contributed by atoms with E-state index in [2.05, 4.69) is 30.5 Å². The number of carbonyl (C=O) groups excluding carboxylic acids is 1. The van der Waals surface area contributed by atoms with Crippen molar-refractivity contribution in [2.45, 2.75) is 13.0 Å². The van der Waals surface area contributed by atoms with Crippen LogP contribution in [0.4, 0.5) is 5.69 Å². The zero-order valence-electron chi connectivity index (χ0n) is 14.2. The fourth-order valence-corrected chi connectivity index (χ4v) is 2.54. The van der Waals surface area contributed by atoms with Gasteiger partial charge in [0, 0.05) is 30.5 Å². The van der Waals surface area contributed by atoms with E-state index in [1.165, 1.54) is 0 Å². The van der Waals surface area contributed by atoms with Crippen LogP contribution in [-0.2, 0) is 17.8 Å². The van der Waals surface area contributed by atoms with Crippen molar-refractivity contribution in [3.63, 3.8) is 0 Å². The third kappa shape index (κ3) is 4.03. The fraction of sp³-hybridized carbons (Fsp3) is 0.111. The molecule has 3 aromatic heterocycles. The van der Waals surface area contributed by atoms with Gasteiger partial charge in [-0.3, -0.25) is 14.5 Å². The predicted molar refractivity (Wildman–Crippen MR) is 95.4 cm³/mol. The van der Waals surface area contributed by atoms with E-state index in [-0.39, 0.29) is 12.5 Å². The van der Waals surface area contributed by atoms with Gasteiger partial charge >= 0.3 is 0 Å². The molecule has 9 nitrogen and oxygen atoms in total. The Morgan fingerprint density at radius 1 is 1.15 bits per heavy atom. The van der Waals surface area contributed by atoms with Crippen molar-refractivity contribution in [3.8, 4) is 11.5 Å². The van der Waals surface area contributed by atoms with E-state index in [4.69, 9.17) is 4.52 Å². The third-order valence-corrected chi connectivity index (χ3v) is 3.76. The minimum absolute atomic E-state index is 0.138. The third-order valence-electron chi connectivity index (χ3n) is 3.76. The first-order valence-corrected chi connectivity index (χ1v) is 8.22. The average Bonchev–Trinajstić information content (AvgIpc) is 3.36. The highest BCUT2D eigenvalue weighted by Gasteiger charge is 2.13. The molecule has 0 spiro atoms. The molecular weight excluding hydrogens is 346 g/mol. The molecule has 27 heavy (non-hydrogen) atoms. The van der Waals surface area contributed by atoms with Gasteiger partial charge in [0.15, 0.2) is 0 Å². The molecule has 134 valence electrons. The molecule has 1 aromatic carbocycles. The monoisotopic (exact) mass is 361 g/mol. The van der Waals surface area contributed by atoms with E-state index in [1.807, 2.05) is 24.3 Å². The van der Waals surface area contributed by atoms with Gasteiger partial charge in [-0.05, 0) is 17.7 Å². The van der Waals surface area contributed by atoms with Gasteiger partial charge < -0.3 is 9.84 Å². The molecule has 0 fully saturated rings. The lowest BCUT2D eigenvalue weighted by Gasteiger charge is -2.09. The summed E-state index contributed by atoms with van der Waals surface area (Å²) in [6.07, 6.45) is 8.45. The van der Waals surface area contributed by atoms with Crippen LogP contribution in [-0.4, -0.2) is 35.8 Å². The Balaban J connectivity index is 1.48. The Hall–Kier alpha value is -3.88. The minimum atomic E-state index is -0.170. The molecule has 0 saturated carbocycles. The molecule has 1 N–H and O–H groups in total. The van der Waals surface area contributed by atoms with Crippen LogP contribution < -0.4 is 5.32 Å². The van der Waals surface area contributed by atoms with Crippen molar-refractivity contribution in [2.24, 2.45) is 0 Å². The highest BCUT2D eigenvalue weighted by molar-refractivity contribution is 5.91. The molecular formula is C18H15N7O2. The van der Waals surface area contributed by atoms with Gasteiger partial charge in [0.2, 0.25) is 17.6 Å². The molecule has 0 aliphatic carbocycles. The van der Waals surface area contributed by atoms with Crippen molar-refractivity contribution in [1.82, 2.24) is 29.9 Å². The quantitative estimate of drug-likeness (QED) is 0.558. The number of nitrogens with one attached hydrogen (secondary N) is 1. The number of amides is 1. The largest absolute Gasteiger partial charge is 0.339 e. The average molecular weight is 361 g/mol. The minimum Gasteiger partial charge on any atom is -0.339 e. The summed E-state index contributed by atoms with van der Waals surface area (Å²) in [5.41, 5.74) is 2.09. The molecule has 9 heteroatoms. The van der Waals surface area contributed by atoms with Gasteiger partial charge in [-0.1, -0.05) is 23.4 Å². The summed E-state index contributed by atoms with van der Waals surface area (Å²) in [6, 6.07) is 9.24. The maximum absolute atomic E-state index is 12.2. The molecule has 0 unspecified atom stereocenters. The molecule has 0 radical (unpaired) electrons. The fourth-order valence-electron chi connectivity index (χ4n) is 2.54. The molecule has 0 atom stereocenters. The number of anilines is 1. The number of nitrogens with zero attached hydrogens (tertiary/aromatic N) is 6. The second-order valence-electron chi connectivity index (χ2n) is 5.69. The number of rotatable bonds is 6. The molecule has 0 aliphatic heterocycles. The van der Waals surface area contributed by atoms with Crippen LogP contribution in [0.3, 0.4) is 0 Å². The van der Waals surface area contributed by atoms with Gasteiger partial charge in [0.1, 0.15) is 12.2 Å². The summed E-state index contributed by atoms with van der Waals surface area (Å²) in [7, 11) is 0. The normalized spacial score (nSPS) is 10.7. The van der Waals surface area contributed by atoms with Crippen LogP contribution in [0.25, 0.3) is 11.5 Å². The van der Waals surface area contributed by atoms with Crippen molar-refractivity contribution >= 4 is 11.6 Å². The summed E-state index contributed by atoms with van der Waals surface area (Å²) in [6.45, 7) is 0.138. The van der Waals surface area contributed by atoms with E-state index in [9.17, 15) is 4.79 Å². The zero-order chi connectivity index (χ0) is 18.5. The second kappa shape index (κ2) is 7.56. The molecule has 0 bridgehead atoms. The van der Waals surface area contributed by atoms with E-state index in [0.717, 1.165) is 5.56 Å². The Bertz CT molecular complexity index is 1030.